The van der Waals surface area contributed by atoms with Crippen molar-refractivity contribution in [2.75, 3.05) is 0 Å². The Morgan fingerprint density at radius 2 is 1.91 bits per heavy atom. The van der Waals surface area contributed by atoms with Gasteiger partial charge in [-0.2, -0.15) is 0 Å². The lowest BCUT2D eigenvalue weighted by Gasteiger charge is -1.92. The second-order valence-corrected chi connectivity index (χ2v) is 2.02. The zero-order valence-electron chi connectivity index (χ0n) is 8.22. The maximum absolute atomic E-state index is 5.58. The van der Waals surface area contributed by atoms with Gasteiger partial charge in [-0.3, -0.25) is 0 Å². The molecule has 0 saturated carbocycles. The maximum atomic E-state index is 5.58. The van der Waals surface area contributed by atoms with Crippen molar-refractivity contribution in [3.05, 3.63) is 23.9 Å². The molecule has 0 heterocycles. The molecule has 0 atom stereocenters. The molecule has 0 spiro atoms. The molecule has 66 valence electrons. The number of rotatable bonds is 3. The molecule has 0 saturated heterocycles. The first-order valence-corrected chi connectivity index (χ1v) is 4.38. The van der Waals surface area contributed by atoms with Crippen molar-refractivity contribution in [3.8, 4) is 0 Å². The summed E-state index contributed by atoms with van der Waals surface area (Å²) in [6.07, 6.45) is 8.02. The van der Waals surface area contributed by atoms with Gasteiger partial charge in [0.2, 0.25) is 0 Å². The topological polar surface area (TPSA) is 26.0 Å². The van der Waals surface area contributed by atoms with E-state index in [0.29, 0.717) is 0 Å². The predicted molar refractivity (Wildman–Crippen MR) is 53.3 cm³/mol. The highest BCUT2D eigenvalue weighted by Crippen LogP contribution is 1.95. The highest BCUT2D eigenvalue weighted by atomic mass is 14.6. The molecule has 0 aliphatic rings. The molecule has 0 aromatic rings. The van der Waals surface area contributed by atoms with Gasteiger partial charge >= 0.3 is 0 Å². The van der Waals surface area contributed by atoms with Gasteiger partial charge in [0.1, 0.15) is 0 Å². The van der Waals surface area contributed by atoms with E-state index in [4.69, 9.17) is 5.73 Å². The minimum Gasteiger partial charge on any atom is -0.402 e. The lowest BCUT2D eigenvalue weighted by Crippen LogP contribution is -1.94. The Bertz CT molecular complexity index is 112. The summed E-state index contributed by atoms with van der Waals surface area (Å²) in [5.41, 5.74) is 6.55. The Kier molecular flexibility index (Phi) is 14.1. The summed E-state index contributed by atoms with van der Waals surface area (Å²) in [6, 6.07) is 0. The number of hydrogen-bond acceptors (Lipinski definition) is 1. The van der Waals surface area contributed by atoms with Crippen molar-refractivity contribution < 1.29 is 0 Å². The third-order valence-corrected chi connectivity index (χ3v) is 1.04. The Labute approximate surface area is 71.0 Å². The van der Waals surface area contributed by atoms with Crippen LogP contribution in [-0.2, 0) is 0 Å². The van der Waals surface area contributed by atoms with Crippen LogP contribution in [0.25, 0.3) is 0 Å². The van der Waals surface area contributed by atoms with Crippen molar-refractivity contribution in [1.29, 1.82) is 0 Å². The summed E-state index contributed by atoms with van der Waals surface area (Å²) in [6.45, 7) is 8.10. The molecule has 0 bridgehead atoms. The minimum absolute atomic E-state index is 0.968. The lowest BCUT2D eigenvalue weighted by atomic mass is 10.2. The van der Waals surface area contributed by atoms with Crippen molar-refractivity contribution >= 4 is 0 Å². The van der Waals surface area contributed by atoms with E-state index < -0.39 is 0 Å². The lowest BCUT2D eigenvalue weighted by molar-refractivity contribution is 0.893. The van der Waals surface area contributed by atoms with E-state index >= 15 is 0 Å². The van der Waals surface area contributed by atoms with Gasteiger partial charge in [0.15, 0.2) is 0 Å². The fourth-order valence-corrected chi connectivity index (χ4v) is 0.592. The van der Waals surface area contributed by atoms with E-state index in [9.17, 15) is 0 Å². The normalized spacial score (nSPS) is 11.1. The highest BCUT2D eigenvalue weighted by Gasteiger charge is 1.82. The van der Waals surface area contributed by atoms with Gasteiger partial charge in [0.05, 0.1) is 0 Å². The zero-order chi connectivity index (χ0) is 9.11. The summed E-state index contributed by atoms with van der Waals surface area (Å²) in [5, 5.41) is 0. The zero-order valence-corrected chi connectivity index (χ0v) is 8.22. The molecular weight excluding hydrogens is 134 g/mol. The second-order valence-electron chi connectivity index (χ2n) is 2.02. The van der Waals surface area contributed by atoms with Crippen LogP contribution in [0.5, 0.6) is 0 Å². The summed E-state index contributed by atoms with van der Waals surface area (Å²) < 4.78 is 0. The van der Waals surface area contributed by atoms with Gasteiger partial charge in [-0.25, -0.2) is 0 Å². The molecule has 0 aliphatic heterocycles. The molecular formula is C10H21N. The van der Waals surface area contributed by atoms with E-state index in [1.165, 1.54) is 0 Å². The Hall–Kier alpha value is -0.720. The molecule has 0 amide bonds. The smallest absolute Gasteiger partial charge is 0.00802 e. The van der Waals surface area contributed by atoms with Crippen LogP contribution in [0.1, 0.15) is 40.5 Å². The summed E-state index contributed by atoms with van der Waals surface area (Å²) in [4.78, 5) is 0. The molecule has 0 radical (unpaired) electrons. The van der Waals surface area contributed by atoms with Gasteiger partial charge in [-0.1, -0.05) is 39.3 Å². The molecule has 0 aromatic heterocycles. The molecule has 0 aliphatic carbocycles. The number of nitrogens with two attached hydrogens (primary N) is 1. The van der Waals surface area contributed by atoms with Gasteiger partial charge in [0, 0.05) is 5.70 Å². The third-order valence-electron chi connectivity index (χ3n) is 1.04. The van der Waals surface area contributed by atoms with E-state index in [2.05, 4.69) is 6.92 Å². The largest absolute Gasteiger partial charge is 0.402 e. The monoisotopic (exact) mass is 155 g/mol. The quantitative estimate of drug-likeness (QED) is 0.622. The van der Waals surface area contributed by atoms with Crippen LogP contribution in [0.2, 0.25) is 0 Å². The average molecular weight is 155 g/mol. The number of allylic oxidation sites excluding steroid dienone is 4. The Morgan fingerprint density at radius 1 is 1.36 bits per heavy atom. The first-order valence-electron chi connectivity index (χ1n) is 4.38. The first-order chi connectivity index (χ1) is 5.31. The van der Waals surface area contributed by atoms with E-state index in [0.717, 1.165) is 18.5 Å². The van der Waals surface area contributed by atoms with Crippen LogP contribution in [0.4, 0.5) is 0 Å². The molecule has 11 heavy (non-hydrogen) atoms. The maximum Gasteiger partial charge on any atom is 0.00802 e. The summed E-state index contributed by atoms with van der Waals surface area (Å²) in [7, 11) is 0. The first kappa shape index (κ1) is 12.9. The van der Waals surface area contributed by atoms with E-state index in [1.54, 1.807) is 0 Å². The fourth-order valence-electron chi connectivity index (χ4n) is 0.592. The Balaban J connectivity index is 0. The van der Waals surface area contributed by atoms with Gasteiger partial charge < -0.3 is 5.73 Å². The SMILES string of the molecule is C/C=C\C=C(/N)CCC.CC. The fraction of sp³-hybridized carbons (Fsp3) is 0.600. The molecule has 2 N–H and O–H groups in total. The van der Waals surface area contributed by atoms with Crippen molar-refractivity contribution in [2.24, 2.45) is 5.73 Å². The van der Waals surface area contributed by atoms with Gasteiger partial charge in [-0.15, -0.1) is 0 Å². The van der Waals surface area contributed by atoms with Crippen LogP contribution in [0, 0.1) is 0 Å². The van der Waals surface area contributed by atoms with E-state index in [1.807, 2.05) is 39.0 Å². The van der Waals surface area contributed by atoms with Gasteiger partial charge in [-0.05, 0) is 19.4 Å². The predicted octanol–water partition coefficient (Wildman–Crippen LogP) is 3.23. The average Bonchev–Trinajstić information content (AvgIpc) is 2.05. The molecule has 0 unspecified atom stereocenters. The van der Waals surface area contributed by atoms with Crippen LogP contribution in [-0.4, -0.2) is 0 Å². The molecule has 0 aromatic carbocycles. The van der Waals surface area contributed by atoms with Crippen molar-refractivity contribution in [3.63, 3.8) is 0 Å². The van der Waals surface area contributed by atoms with E-state index in [-0.39, 0.29) is 0 Å². The number of hydrogen-bond donors (Lipinski definition) is 1. The van der Waals surface area contributed by atoms with Crippen LogP contribution >= 0.6 is 0 Å². The van der Waals surface area contributed by atoms with Gasteiger partial charge in [0.25, 0.3) is 0 Å². The van der Waals surface area contributed by atoms with Crippen LogP contribution < -0.4 is 5.73 Å². The molecule has 0 fully saturated rings. The standard InChI is InChI=1S/C8H15N.C2H6/c1-3-5-7-8(9)6-4-2;1-2/h3,5,7H,4,6,9H2,1-2H3;1-2H3/b5-3-,8-7-;. The van der Waals surface area contributed by atoms with Crippen molar-refractivity contribution in [2.45, 2.75) is 40.5 Å². The highest BCUT2D eigenvalue weighted by molar-refractivity contribution is 5.08. The summed E-state index contributed by atoms with van der Waals surface area (Å²) >= 11 is 0. The third kappa shape index (κ3) is 12.5. The van der Waals surface area contributed by atoms with Crippen LogP contribution in [0.3, 0.4) is 0 Å². The minimum atomic E-state index is 0.968. The summed E-state index contributed by atoms with van der Waals surface area (Å²) in [5.74, 6) is 0. The molecule has 0 rings (SSSR count). The molecule has 1 nitrogen and oxygen atoms in total. The van der Waals surface area contributed by atoms with Crippen molar-refractivity contribution in [1.82, 2.24) is 0 Å². The second kappa shape index (κ2) is 12.0. The molecule has 1 heteroatoms. The van der Waals surface area contributed by atoms with Crippen LogP contribution in [0.15, 0.2) is 23.9 Å². The Morgan fingerprint density at radius 3 is 2.27 bits per heavy atom.